The van der Waals surface area contributed by atoms with Gasteiger partial charge in [0.2, 0.25) is 15.9 Å². The molecule has 174 valence electrons. The Balaban J connectivity index is 1.63. The van der Waals surface area contributed by atoms with E-state index in [2.05, 4.69) is 10.4 Å². The van der Waals surface area contributed by atoms with Gasteiger partial charge in [-0.15, -0.1) is 0 Å². The van der Waals surface area contributed by atoms with Crippen LogP contribution in [0.2, 0.25) is 0 Å². The maximum atomic E-state index is 13.2. The van der Waals surface area contributed by atoms with Crippen molar-refractivity contribution in [1.82, 2.24) is 14.1 Å². The highest BCUT2D eigenvalue weighted by Crippen LogP contribution is 2.25. The quantitative estimate of drug-likeness (QED) is 0.405. The molecular weight excluding hydrogens is 448 g/mol. The molecule has 7 nitrogen and oxygen atoms in total. The van der Waals surface area contributed by atoms with Crippen LogP contribution in [0.3, 0.4) is 0 Å². The van der Waals surface area contributed by atoms with Crippen molar-refractivity contribution in [2.24, 2.45) is 0 Å². The number of rotatable bonds is 8. The van der Waals surface area contributed by atoms with E-state index in [9.17, 15) is 13.2 Å². The van der Waals surface area contributed by atoms with Crippen molar-refractivity contribution in [3.63, 3.8) is 0 Å². The van der Waals surface area contributed by atoms with Crippen molar-refractivity contribution < 1.29 is 13.2 Å². The van der Waals surface area contributed by atoms with Crippen LogP contribution in [0.5, 0.6) is 0 Å². The lowest BCUT2D eigenvalue weighted by Gasteiger charge is -2.25. The molecule has 0 aliphatic carbocycles. The molecule has 0 unspecified atom stereocenters. The lowest BCUT2D eigenvalue weighted by atomic mass is 10.2. The smallest absolute Gasteiger partial charge is 0.243 e. The first-order valence-corrected chi connectivity index (χ1v) is 12.4. The molecule has 4 rings (SSSR count). The SMILES string of the molecule is CC(C)N(CC(=O)Nc1cc(-c2ccccc2)nn1-c1ccccc1)S(=O)(=O)c1ccccc1. The zero-order valence-corrected chi connectivity index (χ0v) is 19.8. The van der Waals surface area contributed by atoms with Crippen molar-refractivity contribution in [3.05, 3.63) is 97.1 Å². The number of hydrogen-bond donors (Lipinski definition) is 1. The largest absolute Gasteiger partial charge is 0.309 e. The molecule has 0 saturated heterocycles. The van der Waals surface area contributed by atoms with Crippen molar-refractivity contribution in [2.45, 2.75) is 24.8 Å². The van der Waals surface area contributed by atoms with Gasteiger partial charge in [0.1, 0.15) is 5.82 Å². The molecule has 0 atom stereocenters. The number of carbonyl (C=O) groups is 1. The fourth-order valence-electron chi connectivity index (χ4n) is 3.58. The van der Waals surface area contributed by atoms with E-state index in [1.165, 1.54) is 16.4 Å². The standard InChI is InChI=1S/C26H26N4O3S/c1-20(2)29(34(32,33)23-16-10-5-11-17-23)19-26(31)27-25-18-24(21-12-6-3-7-13-21)28-30(25)22-14-8-4-9-15-22/h3-18,20H,19H2,1-2H3,(H,27,31). The van der Waals surface area contributed by atoms with E-state index in [0.29, 0.717) is 11.5 Å². The highest BCUT2D eigenvalue weighted by Gasteiger charge is 2.29. The molecule has 0 spiro atoms. The lowest BCUT2D eigenvalue weighted by molar-refractivity contribution is -0.116. The van der Waals surface area contributed by atoms with E-state index in [4.69, 9.17) is 0 Å². The predicted octanol–water partition coefficient (Wildman–Crippen LogP) is 4.58. The normalized spacial score (nSPS) is 11.6. The van der Waals surface area contributed by atoms with Crippen LogP contribution in [0.25, 0.3) is 16.9 Å². The van der Waals surface area contributed by atoms with Crippen LogP contribution in [0.1, 0.15) is 13.8 Å². The zero-order valence-electron chi connectivity index (χ0n) is 19.0. The Morgan fingerprint density at radius 1 is 0.912 bits per heavy atom. The molecule has 0 aliphatic heterocycles. The summed E-state index contributed by atoms with van der Waals surface area (Å²) in [6.45, 7) is 3.17. The van der Waals surface area contributed by atoms with Crippen LogP contribution < -0.4 is 5.32 Å². The third-order valence-corrected chi connectivity index (χ3v) is 7.31. The van der Waals surface area contributed by atoms with Gasteiger partial charge in [-0.05, 0) is 38.1 Å². The van der Waals surface area contributed by atoms with Crippen LogP contribution in [0.4, 0.5) is 5.82 Å². The molecule has 0 saturated carbocycles. The Hall–Kier alpha value is -3.75. The number of nitrogens with zero attached hydrogens (tertiary/aromatic N) is 3. The second kappa shape index (κ2) is 10.0. The molecule has 1 heterocycles. The number of aromatic nitrogens is 2. The van der Waals surface area contributed by atoms with Gasteiger partial charge in [0.25, 0.3) is 0 Å². The average Bonchev–Trinajstić information content (AvgIpc) is 3.27. The number of para-hydroxylation sites is 1. The first-order valence-electron chi connectivity index (χ1n) is 10.9. The molecule has 3 aromatic carbocycles. The number of carbonyl (C=O) groups excluding carboxylic acids is 1. The molecule has 4 aromatic rings. The van der Waals surface area contributed by atoms with Crippen molar-refractivity contribution in [3.8, 4) is 16.9 Å². The summed E-state index contributed by atoms with van der Waals surface area (Å²) in [5.41, 5.74) is 2.37. The summed E-state index contributed by atoms with van der Waals surface area (Å²) < 4.78 is 29.2. The fraction of sp³-hybridized carbons (Fsp3) is 0.154. The van der Waals surface area contributed by atoms with E-state index in [0.717, 1.165) is 11.3 Å². The molecular formula is C26H26N4O3S. The highest BCUT2D eigenvalue weighted by atomic mass is 32.2. The summed E-state index contributed by atoms with van der Waals surface area (Å²) in [5, 5.41) is 7.55. The highest BCUT2D eigenvalue weighted by molar-refractivity contribution is 7.89. The minimum atomic E-state index is -3.84. The Kier molecular flexibility index (Phi) is 6.90. The van der Waals surface area contributed by atoms with Gasteiger partial charge in [0.15, 0.2) is 0 Å². The number of nitrogens with one attached hydrogen (secondary N) is 1. The third kappa shape index (κ3) is 5.08. The zero-order chi connectivity index (χ0) is 24.1. The van der Waals surface area contributed by atoms with Crippen LogP contribution in [-0.4, -0.2) is 41.0 Å². The Labute approximate surface area is 199 Å². The molecule has 1 amide bonds. The molecule has 0 bridgehead atoms. The molecule has 8 heteroatoms. The number of benzene rings is 3. The van der Waals surface area contributed by atoms with Crippen LogP contribution in [0, 0.1) is 0 Å². The molecule has 34 heavy (non-hydrogen) atoms. The van der Waals surface area contributed by atoms with Crippen LogP contribution in [-0.2, 0) is 14.8 Å². The molecule has 0 radical (unpaired) electrons. The maximum Gasteiger partial charge on any atom is 0.243 e. The van der Waals surface area contributed by atoms with Gasteiger partial charge in [0, 0.05) is 17.7 Å². The topological polar surface area (TPSA) is 84.3 Å². The maximum absolute atomic E-state index is 13.2. The van der Waals surface area contributed by atoms with E-state index < -0.39 is 22.0 Å². The minimum Gasteiger partial charge on any atom is -0.309 e. The second-order valence-corrected chi connectivity index (χ2v) is 9.92. The molecule has 1 N–H and O–H groups in total. The van der Waals surface area contributed by atoms with Crippen molar-refractivity contribution in [2.75, 3.05) is 11.9 Å². The Morgan fingerprint density at radius 2 is 1.47 bits per heavy atom. The van der Waals surface area contributed by atoms with E-state index in [-0.39, 0.29) is 11.4 Å². The van der Waals surface area contributed by atoms with Gasteiger partial charge in [-0.2, -0.15) is 9.40 Å². The number of anilines is 1. The van der Waals surface area contributed by atoms with Crippen LogP contribution in [0.15, 0.2) is 102 Å². The third-order valence-electron chi connectivity index (χ3n) is 5.27. The number of sulfonamides is 1. The Bertz CT molecular complexity index is 1350. The molecule has 0 aliphatic rings. The van der Waals surface area contributed by atoms with Gasteiger partial charge in [0.05, 0.1) is 22.8 Å². The van der Waals surface area contributed by atoms with Crippen molar-refractivity contribution >= 4 is 21.7 Å². The summed E-state index contributed by atoms with van der Waals surface area (Å²) in [7, 11) is -3.84. The minimum absolute atomic E-state index is 0.150. The van der Waals surface area contributed by atoms with E-state index in [1.807, 2.05) is 60.7 Å². The van der Waals surface area contributed by atoms with Gasteiger partial charge < -0.3 is 5.32 Å². The second-order valence-electron chi connectivity index (χ2n) is 8.03. The van der Waals surface area contributed by atoms with E-state index >= 15 is 0 Å². The molecule has 0 fully saturated rings. The van der Waals surface area contributed by atoms with Gasteiger partial charge in [-0.1, -0.05) is 66.7 Å². The van der Waals surface area contributed by atoms with Crippen molar-refractivity contribution in [1.29, 1.82) is 0 Å². The summed E-state index contributed by atoms with van der Waals surface area (Å²) in [6.07, 6.45) is 0. The first kappa shape index (κ1) is 23.4. The fourth-order valence-corrected chi connectivity index (χ4v) is 5.20. The predicted molar refractivity (Wildman–Crippen MR) is 133 cm³/mol. The van der Waals surface area contributed by atoms with Crippen LogP contribution >= 0.6 is 0 Å². The van der Waals surface area contributed by atoms with Gasteiger partial charge in [-0.3, -0.25) is 4.79 Å². The van der Waals surface area contributed by atoms with E-state index in [1.54, 1.807) is 42.8 Å². The lowest BCUT2D eigenvalue weighted by Crippen LogP contribution is -2.42. The number of amides is 1. The van der Waals surface area contributed by atoms with Gasteiger partial charge >= 0.3 is 0 Å². The van der Waals surface area contributed by atoms with Gasteiger partial charge in [-0.25, -0.2) is 13.1 Å². The summed E-state index contributed by atoms with van der Waals surface area (Å²) in [4.78, 5) is 13.2. The molecule has 1 aromatic heterocycles. The summed E-state index contributed by atoms with van der Waals surface area (Å²) in [6, 6.07) is 28.6. The number of hydrogen-bond acceptors (Lipinski definition) is 4. The first-order chi connectivity index (χ1) is 16.4. The summed E-state index contributed by atoms with van der Waals surface area (Å²) in [5.74, 6) is 0.000710. The average molecular weight is 475 g/mol. The monoisotopic (exact) mass is 474 g/mol. The summed E-state index contributed by atoms with van der Waals surface area (Å²) >= 11 is 0. The Morgan fingerprint density at radius 3 is 2.06 bits per heavy atom.